The number of sulfonamides is 1. The molecule has 0 saturated carbocycles. The molecule has 0 radical (unpaired) electrons. The first-order chi connectivity index (χ1) is 9.22. The zero-order chi connectivity index (χ0) is 15.4. The maximum atomic E-state index is 12.4. The molecule has 0 fully saturated rings. The maximum Gasteiger partial charge on any atom is 0.402 e. The first kappa shape index (κ1) is 16.7. The number of nitrogens with zero attached hydrogens (tertiary/aromatic N) is 2. The van der Waals surface area contributed by atoms with E-state index < -0.39 is 27.8 Å². The molecule has 114 valence electrons. The smallest absolute Gasteiger partial charge is 0.383 e. The number of halogens is 3. The van der Waals surface area contributed by atoms with Crippen LogP contribution < -0.4 is 5.32 Å². The van der Waals surface area contributed by atoms with Gasteiger partial charge < -0.3 is 5.32 Å². The third kappa shape index (κ3) is 4.07. The van der Waals surface area contributed by atoms with Crippen molar-refractivity contribution in [1.82, 2.24) is 9.29 Å². The average molecular weight is 311 g/mol. The Balaban J connectivity index is 3.21. The summed E-state index contributed by atoms with van der Waals surface area (Å²) < 4.78 is 62.2. The minimum atomic E-state index is -4.60. The molecule has 0 aliphatic heterocycles. The average Bonchev–Trinajstić information content (AvgIpc) is 2.35. The van der Waals surface area contributed by atoms with E-state index in [9.17, 15) is 21.6 Å². The molecule has 9 heteroatoms. The molecule has 0 unspecified atom stereocenters. The zero-order valence-corrected chi connectivity index (χ0v) is 11.9. The highest BCUT2D eigenvalue weighted by atomic mass is 32.2. The van der Waals surface area contributed by atoms with Crippen molar-refractivity contribution in [2.75, 3.05) is 25.0 Å². The Morgan fingerprint density at radius 3 is 2.50 bits per heavy atom. The Labute approximate surface area is 115 Å². The molecular weight excluding hydrogens is 295 g/mol. The fourth-order valence-electron chi connectivity index (χ4n) is 1.61. The molecule has 0 saturated heterocycles. The van der Waals surface area contributed by atoms with E-state index in [0.717, 1.165) is 0 Å². The quantitative estimate of drug-likeness (QED) is 0.874. The van der Waals surface area contributed by atoms with E-state index in [-0.39, 0.29) is 12.2 Å². The third-order valence-corrected chi connectivity index (χ3v) is 4.31. The van der Waals surface area contributed by atoms with Crippen LogP contribution in [0.1, 0.15) is 13.8 Å². The van der Waals surface area contributed by atoms with Gasteiger partial charge in [-0.2, -0.15) is 17.5 Å². The van der Waals surface area contributed by atoms with Crippen LogP contribution in [0.3, 0.4) is 0 Å². The van der Waals surface area contributed by atoms with Crippen LogP contribution in [0.5, 0.6) is 0 Å². The molecular formula is C11H16F3N3O2S. The summed E-state index contributed by atoms with van der Waals surface area (Å²) in [6.45, 7) is 1.70. The monoisotopic (exact) mass is 311 g/mol. The maximum absolute atomic E-state index is 12.4. The Hall–Kier alpha value is -1.35. The van der Waals surface area contributed by atoms with Gasteiger partial charge in [-0.15, -0.1) is 0 Å². The molecule has 0 aliphatic rings. The molecule has 0 spiro atoms. The van der Waals surface area contributed by atoms with Gasteiger partial charge >= 0.3 is 6.18 Å². The van der Waals surface area contributed by atoms with Gasteiger partial charge in [-0.05, 0) is 19.1 Å². The van der Waals surface area contributed by atoms with Crippen molar-refractivity contribution in [3.05, 3.63) is 18.3 Å². The van der Waals surface area contributed by atoms with Crippen LogP contribution in [0.4, 0.5) is 18.9 Å². The standard InChI is InChI=1S/C11H16F3N3O2S/c1-3-15-9-6-5-7-16-10(9)20(18,19)17(4-2)8-11(12,13)14/h5-7,15H,3-4,8H2,1-2H3. The largest absolute Gasteiger partial charge is 0.402 e. The molecule has 0 amide bonds. The highest BCUT2D eigenvalue weighted by molar-refractivity contribution is 7.89. The van der Waals surface area contributed by atoms with Gasteiger partial charge in [0.25, 0.3) is 10.0 Å². The van der Waals surface area contributed by atoms with E-state index >= 15 is 0 Å². The van der Waals surface area contributed by atoms with Crippen molar-refractivity contribution in [2.24, 2.45) is 0 Å². The topological polar surface area (TPSA) is 62.3 Å². The number of aromatic nitrogens is 1. The summed E-state index contributed by atoms with van der Waals surface area (Å²) in [5.41, 5.74) is 0.190. The van der Waals surface area contributed by atoms with Gasteiger partial charge in [0.1, 0.15) is 6.54 Å². The van der Waals surface area contributed by atoms with E-state index in [4.69, 9.17) is 0 Å². The van der Waals surface area contributed by atoms with Crippen molar-refractivity contribution in [1.29, 1.82) is 0 Å². The predicted octanol–water partition coefficient (Wildman–Crippen LogP) is 2.09. The summed E-state index contributed by atoms with van der Waals surface area (Å²) in [4.78, 5) is 3.71. The lowest BCUT2D eigenvalue weighted by atomic mass is 10.4. The second-order valence-corrected chi connectivity index (χ2v) is 5.79. The number of rotatable bonds is 6. The lowest BCUT2D eigenvalue weighted by Gasteiger charge is -2.22. The molecule has 0 aromatic carbocycles. The SMILES string of the molecule is CCNc1cccnc1S(=O)(=O)N(CC)CC(F)(F)F. The van der Waals surface area contributed by atoms with Crippen LogP contribution >= 0.6 is 0 Å². The second-order valence-electron chi connectivity index (χ2n) is 3.93. The fourth-order valence-corrected chi connectivity index (χ4v) is 3.12. The number of alkyl halides is 3. The number of nitrogens with one attached hydrogen (secondary N) is 1. The zero-order valence-electron chi connectivity index (χ0n) is 11.1. The minimum Gasteiger partial charge on any atom is -0.383 e. The second kappa shape index (κ2) is 6.40. The molecule has 1 rings (SSSR count). The molecule has 0 atom stereocenters. The van der Waals surface area contributed by atoms with Gasteiger partial charge in [-0.3, -0.25) is 0 Å². The summed E-state index contributed by atoms with van der Waals surface area (Å²) in [5.74, 6) is 0. The van der Waals surface area contributed by atoms with Crippen LogP contribution in [-0.4, -0.2) is 43.5 Å². The van der Waals surface area contributed by atoms with Crippen LogP contribution in [0.15, 0.2) is 23.4 Å². The van der Waals surface area contributed by atoms with Gasteiger partial charge in [0.15, 0.2) is 5.03 Å². The van der Waals surface area contributed by atoms with E-state index in [0.29, 0.717) is 10.8 Å². The summed E-state index contributed by atoms with van der Waals surface area (Å²) in [6, 6.07) is 2.97. The number of hydrogen-bond donors (Lipinski definition) is 1. The van der Waals surface area contributed by atoms with Gasteiger partial charge in [0.05, 0.1) is 5.69 Å². The minimum absolute atomic E-state index is 0.190. The van der Waals surface area contributed by atoms with Crippen molar-refractivity contribution in [2.45, 2.75) is 25.0 Å². The summed E-state index contributed by atoms with van der Waals surface area (Å²) in [5, 5.41) is 2.38. The Kier molecular flexibility index (Phi) is 5.35. The Morgan fingerprint density at radius 1 is 1.35 bits per heavy atom. The third-order valence-electron chi connectivity index (χ3n) is 2.43. The summed E-state index contributed by atoms with van der Waals surface area (Å²) in [7, 11) is -4.30. The lowest BCUT2D eigenvalue weighted by molar-refractivity contribution is -0.135. The molecule has 1 N–H and O–H groups in total. The van der Waals surface area contributed by atoms with Crippen molar-refractivity contribution >= 4 is 15.7 Å². The predicted molar refractivity (Wildman–Crippen MR) is 68.9 cm³/mol. The summed E-state index contributed by atoms with van der Waals surface area (Å²) >= 11 is 0. The van der Waals surface area contributed by atoms with Crippen molar-refractivity contribution in [3.63, 3.8) is 0 Å². The summed E-state index contributed by atoms with van der Waals surface area (Å²) in [6.07, 6.45) is -3.37. The molecule has 1 aromatic rings. The van der Waals surface area contributed by atoms with E-state index in [1.165, 1.54) is 25.3 Å². The highest BCUT2D eigenvalue weighted by Crippen LogP contribution is 2.25. The van der Waals surface area contributed by atoms with Crippen LogP contribution in [-0.2, 0) is 10.0 Å². The normalized spacial score (nSPS) is 12.7. The number of anilines is 1. The number of hydrogen-bond acceptors (Lipinski definition) is 4. The molecule has 1 heterocycles. The number of pyridine rings is 1. The van der Waals surface area contributed by atoms with Crippen LogP contribution in [0.25, 0.3) is 0 Å². The molecule has 0 aliphatic carbocycles. The Morgan fingerprint density at radius 2 is 2.00 bits per heavy atom. The first-order valence-corrected chi connectivity index (χ1v) is 7.42. The van der Waals surface area contributed by atoms with Gasteiger partial charge in [0.2, 0.25) is 0 Å². The van der Waals surface area contributed by atoms with E-state index in [1.807, 2.05) is 0 Å². The van der Waals surface area contributed by atoms with Crippen molar-refractivity contribution < 1.29 is 21.6 Å². The highest BCUT2D eigenvalue weighted by Gasteiger charge is 2.37. The lowest BCUT2D eigenvalue weighted by Crippen LogP contribution is -2.39. The van der Waals surface area contributed by atoms with Gasteiger partial charge in [-0.1, -0.05) is 6.92 Å². The fraction of sp³-hybridized carbons (Fsp3) is 0.545. The van der Waals surface area contributed by atoms with Crippen LogP contribution in [0.2, 0.25) is 0 Å². The van der Waals surface area contributed by atoms with E-state index in [2.05, 4.69) is 10.3 Å². The van der Waals surface area contributed by atoms with Crippen LogP contribution in [0, 0.1) is 0 Å². The molecule has 1 aromatic heterocycles. The van der Waals surface area contributed by atoms with E-state index in [1.54, 1.807) is 6.92 Å². The molecule has 20 heavy (non-hydrogen) atoms. The molecule has 0 bridgehead atoms. The van der Waals surface area contributed by atoms with Crippen molar-refractivity contribution in [3.8, 4) is 0 Å². The Bertz CT molecular complexity index is 546. The van der Waals surface area contributed by atoms with Gasteiger partial charge in [0, 0.05) is 19.3 Å². The van der Waals surface area contributed by atoms with Gasteiger partial charge in [-0.25, -0.2) is 13.4 Å². The first-order valence-electron chi connectivity index (χ1n) is 5.98. The molecule has 5 nitrogen and oxygen atoms in total.